The van der Waals surface area contributed by atoms with E-state index in [0.29, 0.717) is 0 Å². The molecule has 0 amide bonds. The SMILES string of the molecule is [Ca].[Cu].[Mg].[Zn]. The molecule has 4 heteroatoms. The summed E-state index contributed by atoms with van der Waals surface area (Å²) in [5.41, 5.74) is 0. The fraction of sp³-hybridized carbons (Fsp3) is 0. The number of hydrogen-bond acceptors (Lipinski definition) is 0. The first kappa shape index (κ1) is 27.2. The van der Waals surface area contributed by atoms with Crippen molar-refractivity contribution in [2.45, 2.75) is 0 Å². The van der Waals surface area contributed by atoms with Crippen LogP contribution >= 0.6 is 0 Å². The predicted octanol–water partition coefficient (Wildman–Crippen LogP) is -0.767. The van der Waals surface area contributed by atoms with E-state index in [1.165, 1.54) is 0 Å². The largest absolute Gasteiger partial charge is 0 e. The molecule has 0 bridgehead atoms. The van der Waals surface area contributed by atoms with Crippen molar-refractivity contribution in [2.75, 3.05) is 0 Å². The van der Waals surface area contributed by atoms with E-state index in [2.05, 4.69) is 0 Å². The summed E-state index contributed by atoms with van der Waals surface area (Å²) in [6, 6.07) is 0. The minimum absolute atomic E-state index is 0. The van der Waals surface area contributed by atoms with E-state index in [4.69, 9.17) is 0 Å². The molecule has 0 aliphatic carbocycles. The Bertz CT molecular complexity index is 8.00. The molecule has 0 spiro atoms. The number of rotatable bonds is 0. The zero-order valence-electron chi connectivity index (χ0n) is 2.42. The number of hydrogen-bond donors (Lipinski definition) is 0. The first-order chi connectivity index (χ1) is 0. The fourth-order valence-corrected chi connectivity index (χ4v) is 0. The van der Waals surface area contributed by atoms with Crippen LogP contribution in [0.2, 0.25) is 0 Å². The van der Waals surface area contributed by atoms with Crippen molar-refractivity contribution in [1.29, 1.82) is 0 Å². The monoisotopic (exact) mass is 191 g/mol. The van der Waals surface area contributed by atoms with Crippen LogP contribution in [0.3, 0.4) is 0 Å². The molecule has 0 aliphatic heterocycles. The van der Waals surface area contributed by atoms with Gasteiger partial charge in [-0.1, -0.05) is 0 Å². The molecule has 0 rings (SSSR count). The smallest absolute Gasteiger partial charge is 0 e. The molecule has 0 aromatic rings. The quantitative estimate of drug-likeness (QED) is 0.443. The van der Waals surface area contributed by atoms with E-state index in [1.807, 2.05) is 0 Å². The van der Waals surface area contributed by atoms with Gasteiger partial charge in [-0.25, -0.2) is 0 Å². The normalized spacial score (nSPS) is 0. The minimum atomic E-state index is 0. The molecule has 0 saturated heterocycles. The molecule has 5 radical (unpaired) electrons. The average molecular weight is 193 g/mol. The summed E-state index contributed by atoms with van der Waals surface area (Å²) < 4.78 is 0. The predicted molar refractivity (Wildman–Crippen MR) is 11.5 cm³/mol. The van der Waals surface area contributed by atoms with Gasteiger partial charge in [0.2, 0.25) is 0 Å². The van der Waals surface area contributed by atoms with Crippen LogP contribution in [0.1, 0.15) is 0 Å². The van der Waals surface area contributed by atoms with Gasteiger partial charge in [0.1, 0.15) is 0 Å². The molecule has 0 fully saturated rings. The third kappa shape index (κ3) is 8.95. The van der Waals surface area contributed by atoms with Gasteiger partial charge in [-0.2, -0.15) is 0 Å². The van der Waals surface area contributed by atoms with Gasteiger partial charge in [0.15, 0.2) is 0 Å². The van der Waals surface area contributed by atoms with Crippen LogP contribution in [0.5, 0.6) is 0 Å². The van der Waals surface area contributed by atoms with Gasteiger partial charge < -0.3 is 0 Å². The molecule has 0 aliphatic rings. The Labute approximate surface area is 95.2 Å². The van der Waals surface area contributed by atoms with Crippen LogP contribution in [-0.2, 0) is 36.5 Å². The van der Waals surface area contributed by atoms with Gasteiger partial charge in [0.05, 0.1) is 0 Å². The zero-order valence-corrected chi connectivity index (χ0v) is 9.95. The maximum atomic E-state index is 0. The van der Waals surface area contributed by atoms with Gasteiger partial charge in [0, 0.05) is 97.3 Å². The van der Waals surface area contributed by atoms with Crippen LogP contribution < -0.4 is 0 Å². The topological polar surface area (TPSA) is 0 Å². The third-order valence-corrected chi connectivity index (χ3v) is 0. The second kappa shape index (κ2) is 16.4. The van der Waals surface area contributed by atoms with Gasteiger partial charge in [-0.05, 0) is 0 Å². The van der Waals surface area contributed by atoms with E-state index in [-0.39, 0.29) is 97.3 Å². The summed E-state index contributed by atoms with van der Waals surface area (Å²) in [7, 11) is 0. The Morgan fingerprint density at radius 3 is 1.00 bits per heavy atom. The van der Waals surface area contributed by atoms with Crippen molar-refractivity contribution in [3.8, 4) is 0 Å². The van der Waals surface area contributed by atoms with Crippen LogP contribution in [0, 0.1) is 0 Å². The van der Waals surface area contributed by atoms with Crippen LogP contribution in [0.4, 0.5) is 0 Å². The first-order valence-corrected chi connectivity index (χ1v) is 0. The van der Waals surface area contributed by atoms with Crippen molar-refractivity contribution in [3.05, 3.63) is 0 Å². The maximum absolute atomic E-state index is 0. The summed E-state index contributed by atoms with van der Waals surface area (Å²) in [5.74, 6) is 0. The van der Waals surface area contributed by atoms with E-state index in [0.717, 1.165) is 0 Å². The molecule has 0 unspecified atom stereocenters. The Morgan fingerprint density at radius 1 is 1.00 bits per heavy atom. The molecular weight excluding hydrogens is 193 g/mol. The summed E-state index contributed by atoms with van der Waals surface area (Å²) >= 11 is 0. The Morgan fingerprint density at radius 2 is 1.00 bits per heavy atom. The molecule has 4 heavy (non-hydrogen) atoms. The van der Waals surface area contributed by atoms with Crippen molar-refractivity contribution >= 4 is 60.8 Å². The van der Waals surface area contributed by atoms with Crippen molar-refractivity contribution < 1.29 is 36.5 Å². The van der Waals surface area contributed by atoms with E-state index in [1.54, 1.807) is 0 Å². The fourth-order valence-electron chi connectivity index (χ4n) is 0. The maximum Gasteiger partial charge on any atom is 0 e. The molecule has 0 N–H and O–H groups in total. The van der Waals surface area contributed by atoms with Crippen molar-refractivity contribution in [2.24, 2.45) is 0 Å². The summed E-state index contributed by atoms with van der Waals surface area (Å²) in [4.78, 5) is 0. The molecule has 17 valence electrons. The molecule has 0 saturated carbocycles. The van der Waals surface area contributed by atoms with Gasteiger partial charge >= 0.3 is 0 Å². The van der Waals surface area contributed by atoms with E-state index < -0.39 is 0 Å². The third-order valence-electron chi connectivity index (χ3n) is 0. The van der Waals surface area contributed by atoms with E-state index >= 15 is 0 Å². The Kier molecular flexibility index (Phi) is 111. The molecule has 0 nitrogen and oxygen atoms in total. The van der Waals surface area contributed by atoms with Gasteiger partial charge in [0.25, 0.3) is 0 Å². The summed E-state index contributed by atoms with van der Waals surface area (Å²) in [5, 5.41) is 0. The Balaban J connectivity index is 0. The zero-order chi connectivity index (χ0) is 0. The van der Waals surface area contributed by atoms with Gasteiger partial charge in [-0.15, -0.1) is 0 Å². The van der Waals surface area contributed by atoms with Crippen LogP contribution in [-0.4, -0.2) is 60.8 Å². The molecule has 0 aromatic heterocycles. The second-order valence-corrected chi connectivity index (χ2v) is 0. The van der Waals surface area contributed by atoms with Crippen molar-refractivity contribution in [3.63, 3.8) is 0 Å². The van der Waals surface area contributed by atoms with Crippen LogP contribution in [0.15, 0.2) is 0 Å². The standard InChI is InChI=1S/Ca.Cu.Mg.Zn. The Hall–Kier alpha value is 3.17. The summed E-state index contributed by atoms with van der Waals surface area (Å²) in [6.45, 7) is 0. The molecule has 0 aromatic carbocycles. The summed E-state index contributed by atoms with van der Waals surface area (Å²) in [6.07, 6.45) is 0. The second-order valence-electron chi connectivity index (χ2n) is 0. The molecular formula is CaCuMgZn. The van der Waals surface area contributed by atoms with Gasteiger partial charge in [-0.3, -0.25) is 0 Å². The molecule has 0 atom stereocenters. The first-order valence-electron chi connectivity index (χ1n) is 0. The average Bonchev–Trinajstić information content (AvgIpc) is 0. The van der Waals surface area contributed by atoms with Crippen LogP contribution in [0.25, 0.3) is 0 Å². The van der Waals surface area contributed by atoms with E-state index in [9.17, 15) is 0 Å². The minimum Gasteiger partial charge on any atom is 0 e. The van der Waals surface area contributed by atoms with Crippen molar-refractivity contribution in [1.82, 2.24) is 0 Å². The molecule has 0 heterocycles.